The highest BCUT2D eigenvalue weighted by atomic mass is 16.4. The van der Waals surface area contributed by atoms with Gasteiger partial charge in [0.2, 0.25) is 0 Å². The summed E-state index contributed by atoms with van der Waals surface area (Å²) >= 11 is 0. The Bertz CT molecular complexity index is 477. The molecule has 1 saturated heterocycles. The van der Waals surface area contributed by atoms with Crippen LogP contribution in [0.3, 0.4) is 0 Å². The van der Waals surface area contributed by atoms with Crippen LogP contribution in [0.25, 0.3) is 0 Å². The SMILES string of the molecule is CCc1cc(C)c(C(=O)N2CCC(C(=O)O)C2)o1. The Labute approximate surface area is 105 Å². The summed E-state index contributed by atoms with van der Waals surface area (Å²) in [6.07, 6.45) is 1.26. The van der Waals surface area contributed by atoms with Gasteiger partial charge < -0.3 is 14.4 Å². The van der Waals surface area contributed by atoms with Crippen LogP contribution in [-0.2, 0) is 11.2 Å². The Morgan fingerprint density at radius 3 is 2.78 bits per heavy atom. The van der Waals surface area contributed by atoms with Crippen molar-refractivity contribution in [1.82, 2.24) is 4.90 Å². The van der Waals surface area contributed by atoms with Crippen LogP contribution in [-0.4, -0.2) is 35.0 Å². The van der Waals surface area contributed by atoms with Gasteiger partial charge in [0.25, 0.3) is 5.91 Å². The van der Waals surface area contributed by atoms with Gasteiger partial charge in [0.1, 0.15) is 5.76 Å². The normalized spacial score (nSPS) is 19.2. The van der Waals surface area contributed by atoms with Crippen LogP contribution in [0.5, 0.6) is 0 Å². The van der Waals surface area contributed by atoms with Crippen molar-refractivity contribution in [2.75, 3.05) is 13.1 Å². The molecule has 1 aromatic heterocycles. The van der Waals surface area contributed by atoms with E-state index >= 15 is 0 Å². The molecular weight excluding hydrogens is 234 g/mol. The van der Waals surface area contributed by atoms with Crippen molar-refractivity contribution in [2.24, 2.45) is 5.92 Å². The number of hydrogen-bond acceptors (Lipinski definition) is 3. The van der Waals surface area contributed by atoms with Crippen molar-refractivity contribution < 1.29 is 19.1 Å². The molecule has 1 fully saturated rings. The van der Waals surface area contributed by atoms with Crippen LogP contribution >= 0.6 is 0 Å². The monoisotopic (exact) mass is 251 g/mol. The number of carboxylic acids is 1. The predicted octanol–water partition coefficient (Wildman–Crippen LogP) is 1.70. The molecule has 5 heteroatoms. The third-order valence-corrected chi connectivity index (χ3v) is 3.34. The van der Waals surface area contributed by atoms with Crippen molar-refractivity contribution in [3.8, 4) is 0 Å². The molecule has 1 aliphatic heterocycles. The summed E-state index contributed by atoms with van der Waals surface area (Å²) < 4.78 is 5.49. The van der Waals surface area contributed by atoms with E-state index in [2.05, 4.69) is 0 Å². The number of carbonyl (C=O) groups is 2. The topological polar surface area (TPSA) is 70.8 Å². The molecule has 1 N–H and O–H groups in total. The van der Waals surface area contributed by atoms with Crippen LogP contribution in [0.15, 0.2) is 10.5 Å². The number of aryl methyl sites for hydroxylation is 2. The first-order valence-electron chi connectivity index (χ1n) is 6.14. The van der Waals surface area contributed by atoms with Crippen LogP contribution in [0.2, 0.25) is 0 Å². The maximum atomic E-state index is 12.2. The zero-order valence-electron chi connectivity index (χ0n) is 10.6. The summed E-state index contributed by atoms with van der Waals surface area (Å²) in [5, 5.41) is 8.92. The van der Waals surface area contributed by atoms with Gasteiger partial charge in [-0.05, 0) is 19.4 Å². The minimum absolute atomic E-state index is 0.198. The lowest BCUT2D eigenvalue weighted by Gasteiger charge is -2.14. The fourth-order valence-corrected chi connectivity index (χ4v) is 2.22. The first-order valence-corrected chi connectivity index (χ1v) is 6.14. The molecule has 0 aliphatic carbocycles. The number of amides is 1. The Morgan fingerprint density at radius 1 is 1.56 bits per heavy atom. The number of hydrogen-bond donors (Lipinski definition) is 1. The number of carbonyl (C=O) groups excluding carboxylic acids is 1. The fraction of sp³-hybridized carbons (Fsp3) is 0.538. The highest BCUT2D eigenvalue weighted by Crippen LogP contribution is 2.22. The second-order valence-corrected chi connectivity index (χ2v) is 4.65. The van der Waals surface area contributed by atoms with Gasteiger partial charge in [0, 0.05) is 25.1 Å². The highest BCUT2D eigenvalue weighted by molar-refractivity contribution is 5.93. The zero-order chi connectivity index (χ0) is 13.3. The fourth-order valence-electron chi connectivity index (χ4n) is 2.22. The van der Waals surface area contributed by atoms with Gasteiger partial charge in [0.15, 0.2) is 5.76 Å². The molecular formula is C13H17NO4. The molecule has 1 aromatic rings. The largest absolute Gasteiger partial charge is 0.481 e. The number of rotatable bonds is 3. The Hall–Kier alpha value is -1.78. The third-order valence-electron chi connectivity index (χ3n) is 3.34. The summed E-state index contributed by atoms with van der Waals surface area (Å²) in [5.74, 6) is -0.357. The molecule has 0 aromatic carbocycles. The van der Waals surface area contributed by atoms with E-state index in [1.54, 1.807) is 4.90 Å². The molecule has 18 heavy (non-hydrogen) atoms. The maximum absolute atomic E-state index is 12.2. The van der Waals surface area contributed by atoms with E-state index in [1.165, 1.54) is 0 Å². The van der Waals surface area contributed by atoms with Crippen LogP contribution < -0.4 is 0 Å². The van der Waals surface area contributed by atoms with E-state index in [9.17, 15) is 9.59 Å². The lowest BCUT2D eigenvalue weighted by molar-refractivity contribution is -0.141. The van der Waals surface area contributed by atoms with E-state index in [4.69, 9.17) is 9.52 Å². The van der Waals surface area contributed by atoms with Gasteiger partial charge in [-0.3, -0.25) is 9.59 Å². The molecule has 2 rings (SSSR count). The molecule has 98 valence electrons. The van der Waals surface area contributed by atoms with Crippen molar-refractivity contribution in [2.45, 2.75) is 26.7 Å². The summed E-state index contributed by atoms with van der Waals surface area (Å²) in [6, 6.07) is 1.86. The molecule has 0 saturated carbocycles. The molecule has 1 atom stereocenters. The standard InChI is InChI=1S/C13H17NO4/c1-3-10-6-8(2)11(18-10)12(15)14-5-4-9(7-14)13(16)17/h6,9H,3-5,7H2,1-2H3,(H,16,17). The molecule has 5 nitrogen and oxygen atoms in total. The van der Waals surface area contributed by atoms with Gasteiger partial charge in [-0.2, -0.15) is 0 Å². The Morgan fingerprint density at radius 2 is 2.28 bits per heavy atom. The number of likely N-dealkylation sites (tertiary alicyclic amines) is 1. The van der Waals surface area contributed by atoms with Crippen LogP contribution in [0.4, 0.5) is 0 Å². The maximum Gasteiger partial charge on any atom is 0.308 e. The van der Waals surface area contributed by atoms with Crippen LogP contribution in [0.1, 0.15) is 35.2 Å². The molecule has 1 aliphatic rings. The zero-order valence-corrected chi connectivity index (χ0v) is 10.6. The minimum atomic E-state index is -0.837. The van der Waals surface area contributed by atoms with E-state index in [0.717, 1.165) is 17.7 Å². The number of aliphatic carboxylic acids is 1. The van der Waals surface area contributed by atoms with Crippen LogP contribution in [0, 0.1) is 12.8 Å². The van der Waals surface area contributed by atoms with Crippen molar-refractivity contribution in [1.29, 1.82) is 0 Å². The molecule has 2 heterocycles. The van der Waals surface area contributed by atoms with E-state index < -0.39 is 11.9 Å². The molecule has 1 amide bonds. The second kappa shape index (κ2) is 4.84. The summed E-state index contributed by atoms with van der Waals surface area (Å²) in [7, 11) is 0. The van der Waals surface area contributed by atoms with E-state index in [-0.39, 0.29) is 12.5 Å². The van der Waals surface area contributed by atoms with Gasteiger partial charge in [-0.15, -0.1) is 0 Å². The number of nitrogens with zero attached hydrogens (tertiary/aromatic N) is 1. The van der Waals surface area contributed by atoms with E-state index in [0.29, 0.717) is 18.7 Å². The van der Waals surface area contributed by atoms with Gasteiger partial charge in [-0.25, -0.2) is 0 Å². The lowest BCUT2D eigenvalue weighted by Crippen LogP contribution is -2.30. The Balaban J connectivity index is 2.12. The molecule has 1 unspecified atom stereocenters. The molecule has 0 radical (unpaired) electrons. The van der Waals surface area contributed by atoms with Gasteiger partial charge in [-0.1, -0.05) is 6.92 Å². The average molecular weight is 251 g/mol. The van der Waals surface area contributed by atoms with Crippen molar-refractivity contribution >= 4 is 11.9 Å². The second-order valence-electron chi connectivity index (χ2n) is 4.65. The van der Waals surface area contributed by atoms with Gasteiger partial charge >= 0.3 is 5.97 Å². The number of carboxylic acid groups (broad SMARTS) is 1. The first-order chi connectivity index (χ1) is 8.52. The first kappa shape index (κ1) is 12.7. The lowest BCUT2D eigenvalue weighted by atomic mass is 10.1. The minimum Gasteiger partial charge on any atom is -0.481 e. The molecule has 0 bridgehead atoms. The predicted molar refractivity (Wildman–Crippen MR) is 64.5 cm³/mol. The van der Waals surface area contributed by atoms with Crippen molar-refractivity contribution in [3.05, 3.63) is 23.2 Å². The third kappa shape index (κ3) is 2.25. The summed E-state index contributed by atoms with van der Waals surface area (Å²) in [6.45, 7) is 4.55. The highest BCUT2D eigenvalue weighted by Gasteiger charge is 2.33. The smallest absolute Gasteiger partial charge is 0.308 e. The average Bonchev–Trinajstić information content (AvgIpc) is 2.94. The Kier molecular flexibility index (Phi) is 3.41. The molecule has 0 spiro atoms. The van der Waals surface area contributed by atoms with Crippen molar-refractivity contribution in [3.63, 3.8) is 0 Å². The summed E-state index contributed by atoms with van der Waals surface area (Å²) in [5.41, 5.74) is 0.815. The van der Waals surface area contributed by atoms with Gasteiger partial charge in [0.05, 0.1) is 5.92 Å². The number of furan rings is 1. The van der Waals surface area contributed by atoms with E-state index in [1.807, 2.05) is 19.9 Å². The quantitative estimate of drug-likeness (QED) is 0.887. The summed E-state index contributed by atoms with van der Waals surface area (Å²) in [4.78, 5) is 24.6.